The van der Waals surface area contributed by atoms with E-state index in [1.807, 2.05) is 74.5 Å². The van der Waals surface area contributed by atoms with Crippen LogP contribution in [0.2, 0.25) is 0 Å². The standard InChI is InChI=1S/C35H44N6O5/c1-4-23(2)30-35(46)41-28(17-11-19-36-41)33(44)39(3)29(22-25-15-9-6-10-16-25)34(45)40-20-12-18-27(40)32(43)37-26(31(42)38-30)21-24-13-7-5-8-14-24/h5-10,13-16,19,23,26-30H,4,11-12,17-18,20-22H2,1-3H3,(H,37,43)(H,38,42)/t23?,26-,27+,28+,29?,30?/m0/s1. The normalized spacial score (nSPS) is 26.9. The molecule has 0 radical (unpaired) electrons. The van der Waals surface area contributed by atoms with Crippen molar-refractivity contribution in [1.29, 1.82) is 0 Å². The van der Waals surface area contributed by atoms with E-state index in [0.717, 1.165) is 11.1 Å². The molecule has 2 aromatic rings. The second-order valence-electron chi connectivity index (χ2n) is 12.5. The second kappa shape index (κ2) is 14.7. The van der Waals surface area contributed by atoms with Gasteiger partial charge in [-0.3, -0.25) is 24.0 Å². The summed E-state index contributed by atoms with van der Waals surface area (Å²) in [5.41, 5.74) is 1.70. The molecule has 2 fully saturated rings. The maximum Gasteiger partial charge on any atom is 0.266 e. The predicted molar refractivity (Wildman–Crippen MR) is 173 cm³/mol. The molecule has 11 heteroatoms. The predicted octanol–water partition coefficient (Wildman–Crippen LogP) is 2.30. The Bertz CT molecular complexity index is 1450. The van der Waals surface area contributed by atoms with Crippen LogP contribution in [-0.2, 0) is 36.8 Å². The van der Waals surface area contributed by atoms with Gasteiger partial charge in [-0.1, -0.05) is 80.9 Å². The summed E-state index contributed by atoms with van der Waals surface area (Å²) in [6.45, 7) is 4.14. The molecule has 0 spiro atoms. The molecular formula is C35H44N6O5. The van der Waals surface area contributed by atoms with E-state index in [1.165, 1.54) is 9.91 Å². The molecule has 3 heterocycles. The summed E-state index contributed by atoms with van der Waals surface area (Å²) in [6, 6.07) is 14.1. The van der Waals surface area contributed by atoms with Crippen molar-refractivity contribution in [2.75, 3.05) is 13.6 Å². The van der Waals surface area contributed by atoms with Crippen LogP contribution in [0.5, 0.6) is 0 Å². The summed E-state index contributed by atoms with van der Waals surface area (Å²) in [4.78, 5) is 73.7. The maximum absolute atomic E-state index is 14.4. The molecule has 5 amide bonds. The number of hydrazone groups is 1. The van der Waals surface area contributed by atoms with Gasteiger partial charge in [0.1, 0.15) is 30.2 Å². The largest absolute Gasteiger partial charge is 0.342 e. The van der Waals surface area contributed by atoms with Crippen molar-refractivity contribution in [1.82, 2.24) is 25.4 Å². The van der Waals surface area contributed by atoms with Gasteiger partial charge >= 0.3 is 0 Å². The maximum atomic E-state index is 14.4. The summed E-state index contributed by atoms with van der Waals surface area (Å²) in [5, 5.41) is 11.4. The molecule has 2 aromatic carbocycles. The van der Waals surface area contributed by atoms with E-state index in [0.29, 0.717) is 38.6 Å². The molecule has 0 saturated carbocycles. The number of hydrogen-bond acceptors (Lipinski definition) is 6. The van der Waals surface area contributed by atoms with Gasteiger partial charge in [0.25, 0.3) is 5.91 Å². The third-order valence-corrected chi connectivity index (χ3v) is 9.48. The smallest absolute Gasteiger partial charge is 0.266 e. The Hall–Kier alpha value is -4.54. The van der Waals surface area contributed by atoms with Gasteiger partial charge in [0, 0.05) is 32.6 Å². The van der Waals surface area contributed by atoms with Gasteiger partial charge in [-0.05, 0) is 42.7 Å². The summed E-state index contributed by atoms with van der Waals surface area (Å²) < 4.78 is 0. The highest BCUT2D eigenvalue weighted by Crippen LogP contribution is 2.25. The van der Waals surface area contributed by atoms with E-state index < -0.39 is 53.8 Å². The minimum atomic E-state index is -0.998. The molecule has 0 bridgehead atoms. The third kappa shape index (κ3) is 7.13. The zero-order valence-corrected chi connectivity index (χ0v) is 26.8. The highest BCUT2D eigenvalue weighted by molar-refractivity contribution is 5.98. The van der Waals surface area contributed by atoms with Gasteiger partial charge in [-0.2, -0.15) is 5.10 Å². The van der Waals surface area contributed by atoms with Crippen molar-refractivity contribution >= 4 is 35.8 Å². The fraction of sp³-hybridized carbons (Fsp3) is 0.486. The van der Waals surface area contributed by atoms with Crippen molar-refractivity contribution < 1.29 is 24.0 Å². The minimum absolute atomic E-state index is 0.197. The van der Waals surface area contributed by atoms with Crippen molar-refractivity contribution in [3.8, 4) is 0 Å². The first-order valence-electron chi connectivity index (χ1n) is 16.3. The zero-order chi connectivity index (χ0) is 32.8. The molecular weight excluding hydrogens is 584 g/mol. The van der Waals surface area contributed by atoms with Gasteiger partial charge in [0.2, 0.25) is 23.6 Å². The molecule has 11 nitrogen and oxygen atoms in total. The quantitative estimate of drug-likeness (QED) is 0.507. The van der Waals surface area contributed by atoms with E-state index in [-0.39, 0.29) is 24.7 Å². The van der Waals surface area contributed by atoms with E-state index in [2.05, 4.69) is 15.7 Å². The van der Waals surface area contributed by atoms with Gasteiger partial charge in [-0.25, -0.2) is 5.01 Å². The Balaban J connectivity index is 1.58. The van der Waals surface area contributed by atoms with Crippen molar-refractivity contribution in [2.45, 2.75) is 89.0 Å². The van der Waals surface area contributed by atoms with E-state index >= 15 is 0 Å². The zero-order valence-electron chi connectivity index (χ0n) is 26.8. The molecule has 3 aliphatic rings. The molecule has 2 N–H and O–H groups in total. The molecule has 0 aliphatic carbocycles. The number of carbonyl (C=O) groups is 5. The number of likely N-dealkylation sites (N-methyl/N-ethyl adjacent to an activating group) is 1. The lowest BCUT2D eigenvalue weighted by molar-refractivity contribution is -0.153. The van der Waals surface area contributed by atoms with Crippen LogP contribution in [0, 0.1) is 5.92 Å². The molecule has 46 heavy (non-hydrogen) atoms. The van der Waals surface area contributed by atoms with Gasteiger partial charge in [0.05, 0.1) is 0 Å². The first-order chi connectivity index (χ1) is 22.2. The average molecular weight is 629 g/mol. The molecule has 0 aromatic heterocycles. The Labute approximate surface area is 270 Å². The van der Waals surface area contributed by atoms with E-state index in [1.54, 1.807) is 18.2 Å². The summed E-state index contributed by atoms with van der Waals surface area (Å²) in [5.74, 6) is -2.49. The first-order valence-corrected chi connectivity index (χ1v) is 16.3. The molecule has 3 unspecified atom stereocenters. The fourth-order valence-electron chi connectivity index (χ4n) is 6.54. The van der Waals surface area contributed by atoms with Crippen LogP contribution in [0.1, 0.15) is 57.1 Å². The van der Waals surface area contributed by atoms with Crippen LogP contribution < -0.4 is 10.6 Å². The van der Waals surface area contributed by atoms with Crippen molar-refractivity contribution in [3.63, 3.8) is 0 Å². The number of benzene rings is 2. The Morgan fingerprint density at radius 3 is 2.11 bits per heavy atom. The Morgan fingerprint density at radius 2 is 1.46 bits per heavy atom. The van der Waals surface area contributed by atoms with Crippen LogP contribution >= 0.6 is 0 Å². The Morgan fingerprint density at radius 1 is 0.804 bits per heavy atom. The van der Waals surface area contributed by atoms with Crippen molar-refractivity contribution in [2.24, 2.45) is 11.0 Å². The van der Waals surface area contributed by atoms with Gasteiger partial charge < -0.3 is 20.4 Å². The van der Waals surface area contributed by atoms with Crippen LogP contribution in [-0.4, -0.2) is 94.4 Å². The first kappa shape index (κ1) is 32.8. The lowest BCUT2D eigenvalue weighted by Crippen LogP contribution is -2.60. The number of nitrogens with one attached hydrogen (secondary N) is 2. The number of amides is 5. The number of fused-ring (bicyclic) bond motifs is 2. The molecule has 2 saturated heterocycles. The van der Waals surface area contributed by atoms with Crippen LogP contribution in [0.25, 0.3) is 0 Å². The van der Waals surface area contributed by atoms with Crippen LogP contribution in [0.4, 0.5) is 0 Å². The van der Waals surface area contributed by atoms with Crippen LogP contribution in [0.15, 0.2) is 65.8 Å². The fourth-order valence-corrected chi connectivity index (χ4v) is 6.54. The number of hydrogen-bond donors (Lipinski definition) is 2. The monoisotopic (exact) mass is 628 g/mol. The molecule has 6 atom stereocenters. The molecule has 3 aliphatic heterocycles. The third-order valence-electron chi connectivity index (χ3n) is 9.48. The Kier molecular flexibility index (Phi) is 10.5. The SMILES string of the molecule is CCC(C)C1NC(=O)[C@H](Cc2ccccc2)NC(=O)[C@H]2CCCN2C(=O)C(Cc2ccccc2)N(C)C(=O)[C@H]2CCC=NN2C1=O. The highest BCUT2D eigenvalue weighted by Gasteiger charge is 2.45. The molecule has 5 rings (SSSR count). The summed E-state index contributed by atoms with van der Waals surface area (Å²) in [7, 11) is 1.59. The summed E-state index contributed by atoms with van der Waals surface area (Å²) in [6.07, 6.45) is 4.48. The molecule has 244 valence electrons. The average Bonchev–Trinajstić information content (AvgIpc) is 3.58. The van der Waals surface area contributed by atoms with Gasteiger partial charge in [-0.15, -0.1) is 0 Å². The highest BCUT2D eigenvalue weighted by atomic mass is 16.2. The summed E-state index contributed by atoms with van der Waals surface area (Å²) >= 11 is 0. The van der Waals surface area contributed by atoms with E-state index in [4.69, 9.17) is 0 Å². The topological polar surface area (TPSA) is 131 Å². The van der Waals surface area contributed by atoms with Gasteiger partial charge in [0.15, 0.2) is 0 Å². The van der Waals surface area contributed by atoms with E-state index in [9.17, 15) is 24.0 Å². The lowest BCUT2D eigenvalue weighted by Gasteiger charge is -2.38. The van der Waals surface area contributed by atoms with Crippen LogP contribution in [0.3, 0.4) is 0 Å². The number of rotatable bonds is 6. The minimum Gasteiger partial charge on any atom is -0.342 e. The number of nitrogens with zero attached hydrogens (tertiary/aromatic N) is 4. The second-order valence-corrected chi connectivity index (χ2v) is 12.5. The van der Waals surface area contributed by atoms with Crippen molar-refractivity contribution in [3.05, 3.63) is 71.8 Å². The lowest BCUT2D eigenvalue weighted by atomic mass is 9.95. The number of carbonyl (C=O) groups excluding carboxylic acids is 5.